The van der Waals surface area contributed by atoms with E-state index in [1.54, 1.807) is 7.11 Å². The van der Waals surface area contributed by atoms with E-state index in [0.29, 0.717) is 12.6 Å². The van der Waals surface area contributed by atoms with Gasteiger partial charge in [0.2, 0.25) is 0 Å². The third-order valence-corrected chi connectivity index (χ3v) is 4.39. The molecule has 2 atom stereocenters. The van der Waals surface area contributed by atoms with Crippen LogP contribution in [0.1, 0.15) is 32.3 Å². The highest BCUT2D eigenvalue weighted by Crippen LogP contribution is 2.22. The van der Waals surface area contributed by atoms with Crippen LogP contribution < -0.4 is 4.74 Å². The van der Waals surface area contributed by atoms with E-state index in [1.807, 2.05) is 19.1 Å². The predicted octanol–water partition coefficient (Wildman–Crippen LogP) is 2.90. The van der Waals surface area contributed by atoms with Gasteiger partial charge >= 0.3 is 5.97 Å². The SMILES string of the molecule is CCOC(=O)[C@H]1CCCN([C@H](C)Cc2ccc(OC)cc2)C1. The van der Waals surface area contributed by atoms with Gasteiger partial charge in [-0.2, -0.15) is 0 Å². The van der Waals surface area contributed by atoms with Gasteiger partial charge < -0.3 is 9.47 Å². The standard InChI is InChI=1S/C18H27NO3/c1-4-22-18(20)16-6-5-11-19(13-16)14(2)12-15-7-9-17(21-3)10-8-15/h7-10,14,16H,4-6,11-13H2,1-3H3/t14-,16+/m1/s1. The van der Waals surface area contributed by atoms with Crippen LogP contribution in [0.15, 0.2) is 24.3 Å². The Morgan fingerprint density at radius 3 is 2.73 bits per heavy atom. The highest BCUT2D eigenvalue weighted by Gasteiger charge is 2.29. The van der Waals surface area contributed by atoms with Gasteiger partial charge in [0.1, 0.15) is 5.75 Å². The van der Waals surface area contributed by atoms with Crippen molar-refractivity contribution < 1.29 is 14.3 Å². The van der Waals surface area contributed by atoms with Crippen molar-refractivity contribution in [3.8, 4) is 5.75 Å². The summed E-state index contributed by atoms with van der Waals surface area (Å²) in [7, 11) is 1.68. The number of ether oxygens (including phenoxy) is 2. The molecule has 0 saturated carbocycles. The second kappa shape index (κ2) is 8.18. The fourth-order valence-corrected chi connectivity index (χ4v) is 3.09. The van der Waals surface area contributed by atoms with Crippen molar-refractivity contribution in [3.05, 3.63) is 29.8 Å². The second-order valence-electron chi connectivity index (χ2n) is 5.99. The lowest BCUT2D eigenvalue weighted by atomic mass is 9.95. The number of piperidine rings is 1. The highest BCUT2D eigenvalue weighted by atomic mass is 16.5. The summed E-state index contributed by atoms with van der Waals surface area (Å²) in [4.78, 5) is 14.3. The maximum Gasteiger partial charge on any atom is 0.310 e. The van der Waals surface area contributed by atoms with Crippen molar-refractivity contribution in [2.75, 3.05) is 26.8 Å². The molecule has 1 aliphatic heterocycles. The molecule has 0 radical (unpaired) electrons. The van der Waals surface area contributed by atoms with Gasteiger partial charge in [-0.25, -0.2) is 0 Å². The molecule has 0 unspecified atom stereocenters. The maximum atomic E-state index is 11.9. The molecule has 0 bridgehead atoms. The van der Waals surface area contributed by atoms with E-state index in [4.69, 9.17) is 9.47 Å². The molecule has 2 rings (SSSR count). The van der Waals surface area contributed by atoms with Gasteiger partial charge in [-0.15, -0.1) is 0 Å². The second-order valence-corrected chi connectivity index (χ2v) is 5.99. The molecule has 0 aliphatic carbocycles. The van der Waals surface area contributed by atoms with Crippen LogP contribution in [0.5, 0.6) is 5.75 Å². The van der Waals surface area contributed by atoms with E-state index in [9.17, 15) is 4.79 Å². The first kappa shape index (κ1) is 16.8. The Morgan fingerprint density at radius 1 is 1.36 bits per heavy atom. The lowest BCUT2D eigenvalue weighted by Gasteiger charge is -2.36. The van der Waals surface area contributed by atoms with Crippen LogP contribution in [0.2, 0.25) is 0 Å². The van der Waals surface area contributed by atoms with E-state index in [1.165, 1.54) is 5.56 Å². The summed E-state index contributed by atoms with van der Waals surface area (Å²) in [6.07, 6.45) is 3.00. The minimum atomic E-state index is -0.0381. The smallest absolute Gasteiger partial charge is 0.310 e. The number of hydrogen-bond donors (Lipinski definition) is 0. The van der Waals surface area contributed by atoms with Gasteiger partial charge in [0, 0.05) is 12.6 Å². The molecule has 22 heavy (non-hydrogen) atoms. The molecule has 4 nitrogen and oxygen atoms in total. The molecule has 1 aromatic carbocycles. The molecular weight excluding hydrogens is 278 g/mol. The Bertz CT molecular complexity index is 472. The van der Waals surface area contributed by atoms with Gasteiger partial charge in [-0.05, 0) is 57.4 Å². The normalized spacial score (nSPS) is 20.4. The first-order valence-electron chi connectivity index (χ1n) is 8.17. The third kappa shape index (κ3) is 4.47. The zero-order chi connectivity index (χ0) is 15.9. The van der Waals surface area contributed by atoms with E-state index >= 15 is 0 Å². The van der Waals surface area contributed by atoms with E-state index in [-0.39, 0.29) is 11.9 Å². The molecule has 0 spiro atoms. The highest BCUT2D eigenvalue weighted by molar-refractivity contribution is 5.72. The number of rotatable bonds is 6. The number of hydrogen-bond acceptors (Lipinski definition) is 4. The quantitative estimate of drug-likeness (QED) is 0.758. The third-order valence-electron chi connectivity index (χ3n) is 4.39. The van der Waals surface area contributed by atoms with Crippen LogP contribution in [-0.4, -0.2) is 43.7 Å². The fourth-order valence-electron chi connectivity index (χ4n) is 3.09. The van der Waals surface area contributed by atoms with Crippen molar-refractivity contribution in [1.82, 2.24) is 4.90 Å². The van der Waals surface area contributed by atoms with Crippen LogP contribution >= 0.6 is 0 Å². The van der Waals surface area contributed by atoms with Gasteiger partial charge in [-0.3, -0.25) is 9.69 Å². The number of nitrogens with zero attached hydrogens (tertiary/aromatic N) is 1. The van der Waals surface area contributed by atoms with Crippen LogP contribution in [0, 0.1) is 5.92 Å². The molecule has 4 heteroatoms. The van der Waals surface area contributed by atoms with Gasteiger partial charge in [0.25, 0.3) is 0 Å². The Kier molecular flexibility index (Phi) is 6.25. The lowest BCUT2D eigenvalue weighted by Crippen LogP contribution is -2.44. The average Bonchev–Trinajstić information content (AvgIpc) is 2.56. The summed E-state index contributed by atoms with van der Waals surface area (Å²) in [5.74, 6) is 0.882. The van der Waals surface area contributed by atoms with Crippen molar-refractivity contribution in [2.45, 2.75) is 39.2 Å². The topological polar surface area (TPSA) is 38.8 Å². The zero-order valence-electron chi connectivity index (χ0n) is 13.9. The molecule has 0 aromatic heterocycles. The van der Waals surface area contributed by atoms with Gasteiger partial charge in [0.15, 0.2) is 0 Å². The van der Waals surface area contributed by atoms with Crippen molar-refractivity contribution in [3.63, 3.8) is 0 Å². The van der Waals surface area contributed by atoms with Crippen LogP contribution in [-0.2, 0) is 16.0 Å². The predicted molar refractivity (Wildman–Crippen MR) is 87.1 cm³/mol. The van der Waals surface area contributed by atoms with Crippen LogP contribution in [0.25, 0.3) is 0 Å². The van der Waals surface area contributed by atoms with Crippen LogP contribution in [0.3, 0.4) is 0 Å². The minimum absolute atomic E-state index is 0.0343. The number of benzene rings is 1. The first-order valence-corrected chi connectivity index (χ1v) is 8.17. The first-order chi connectivity index (χ1) is 10.6. The molecule has 1 aliphatic rings. The summed E-state index contributed by atoms with van der Waals surface area (Å²) >= 11 is 0. The average molecular weight is 305 g/mol. The molecule has 1 fully saturated rings. The number of carbonyl (C=O) groups is 1. The largest absolute Gasteiger partial charge is 0.497 e. The fraction of sp³-hybridized carbons (Fsp3) is 0.611. The lowest BCUT2D eigenvalue weighted by molar-refractivity contribution is -0.150. The summed E-state index contributed by atoms with van der Waals surface area (Å²) in [5.41, 5.74) is 1.30. The number of esters is 1. The van der Waals surface area contributed by atoms with Crippen molar-refractivity contribution >= 4 is 5.97 Å². The molecule has 1 saturated heterocycles. The number of methoxy groups -OCH3 is 1. The van der Waals surface area contributed by atoms with Gasteiger partial charge in [0.05, 0.1) is 19.6 Å². The van der Waals surface area contributed by atoms with E-state index in [0.717, 1.165) is 38.1 Å². The zero-order valence-corrected chi connectivity index (χ0v) is 13.9. The Labute approximate surface area is 133 Å². The number of carbonyl (C=O) groups excluding carboxylic acids is 1. The van der Waals surface area contributed by atoms with Crippen LogP contribution in [0.4, 0.5) is 0 Å². The van der Waals surface area contributed by atoms with Crippen molar-refractivity contribution in [2.24, 2.45) is 5.92 Å². The molecular formula is C18H27NO3. The Balaban J connectivity index is 1.90. The monoisotopic (exact) mass is 305 g/mol. The summed E-state index contributed by atoms with van der Waals surface area (Å²) < 4.78 is 10.4. The Morgan fingerprint density at radius 2 is 2.09 bits per heavy atom. The molecule has 0 amide bonds. The summed E-state index contributed by atoms with van der Waals surface area (Å²) in [6.45, 7) is 6.45. The van der Waals surface area contributed by atoms with Gasteiger partial charge in [-0.1, -0.05) is 12.1 Å². The summed E-state index contributed by atoms with van der Waals surface area (Å²) in [5, 5.41) is 0. The summed E-state index contributed by atoms with van der Waals surface area (Å²) in [6, 6.07) is 8.65. The maximum absolute atomic E-state index is 11.9. The minimum Gasteiger partial charge on any atom is -0.497 e. The molecule has 1 aromatic rings. The Hall–Kier alpha value is -1.55. The molecule has 122 valence electrons. The molecule has 1 heterocycles. The van der Waals surface area contributed by atoms with E-state index in [2.05, 4.69) is 24.0 Å². The number of likely N-dealkylation sites (tertiary alicyclic amines) is 1. The van der Waals surface area contributed by atoms with Crippen molar-refractivity contribution in [1.29, 1.82) is 0 Å². The molecule has 0 N–H and O–H groups in total. The van der Waals surface area contributed by atoms with E-state index < -0.39 is 0 Å².